The van der Waals surface area contributed by atoms with Gasteiger partial charge < -0.3 is 10.6 Å². The molecule has 1 heterocycles. The zero-order valence-electron chi connectivity index (χ0n) is 9.63. The highest BCUT2D eigenvalue weighted by Crippen LogP contribution is 2.20. The molecule has 1 atom stereocenters. The molecule has 0 spiro atoms. The van der Waals surface area contributed by atoms with E-state index < -0.39 is 17.5 Å². The lowest BCUT2D eigenvalue weighted by Gasteiger charge is -2.30. The Labute approximate surface area is 117 Å². The molecule has 2 N–H and O–H groups in total. The highest BCUT2D eigenvalue weighted by atomic mass is 127. The Morgan fingerprint density at radius 2 is 2.11 bits per heavy atom. The standard InChI is InChI=1S/C12H13F2IN2O/c13-9-5-10(14)11(15)4-8(9)12(18)17-3-1-2-7(16)6-17/h4-5,7H,1-3,6,16H2. The molecule has 0 radical (unpaired) electrons. The van der Waals surface area contributed by atoms with Gasteiger partial charge in [0.2, 0.25) is 0 Å². The van der Waals surface area contributed by atoms with Crippen LogP contribution in [0.15, 0.2) is 12.1 Å². The van der Waals surface area contributed by atoms with Gasteiger partial charge in [-0.1, -0.05) is 0 Å². The van der Waals surface area contributed by atoms with Gasteiger partial charge in [0.05, 0.1) is 5.56 Å². The largest absolute Gasteiger partial charge is 0.337 e. The van der Waals surface area contributed by atoms with Crippen molar-refractivity contribution in [2.45, 2.75) is 18.9 Å². The van der Waals surface area contributed by atoms with Crippen LogP contribution in [0, 0.1) is 15.2 Å². The van der Waals surface area contributed by atoms with E-state index in [9.17, 15) is 13.6 Å². The normalized spacial score (nSPS) is 20.0. The Hall–Kier alpha value is -0.760. The lowest BCUT2D eigenvalue weighted by Crippen LogP contribution is -2.45. The molecule has 0 saturated carbocycles. The van der Waals surface area contributed by atoms with Crippen molar-refractivity contribution in [2.75, 3.05) is 13.1 Å². The van der Waals surface area contributed by atoms with Gasteiger partial charge in [0.1, 0.15) is 11.6 Å². The van der Waals surface area contributed by atoms with E-state index in [0.29, 0.717) is 13.1 Å². The van der Waals surface area contributed by atoms with Gasteiger partial charge in [-0.2, -0.15) is 0 Å². The van der Waals surface area contributed by atoms with Crippen LogP contribution in [0.5, 0.6) is 0 Å². The summed E-state index contributed by atoms with van der Waals surface area (Å²) in [4.78, 5) is 13.7. The lowest BCUT2D eigenvalue weighted by atomic mass is 10.1. The van der Waals surface area contributed by atoms with Crippen molar-refractivity contribution in [2.24, 2.45) is 5.73 Å². The molecule has 1 aliphatic heterocycles. The first-order chi connectivity index (χ1) is 8.49. The van der Waals surface area contributed by atoms with E-state index in [-0.39, 0.29) is 15.2 Å². The fraction of sp³-hybridized carbons (Fsp3) is 0.417. The van der Waals surface area contributed by atoms with E-state index in [1.165, 1.54) is 11.0 Å². The van der Waals surface area contributed by atoms with Crippen LogP contribution in [-0.4, -0.2) is 29.9 Å². The van der Waals surface area contributed by atoms with Crippen LogP contribution in [0.4, 0.5) is 8.78 Å². The second kappa shape index (κ2) is 5.48. The number of hydrogen-bond donors (Lipinski definition) is 1. The van der Waals surface area contributed by atoms with Gasteiger partial charge in [-0.05, 0) is 41.5 Å². The third kappa shape index (κ3) is 2.80. The highest BCUT2D eigenvalue weighted by molar-refractivity contribution is 14.1. The summed E-state index contributed by atoms with van der Waals surface area (Å²) in [5.41, 5.74) is 5.70. The second-order valence-corrected chi connectivity index (χ2v) is 5.56. The molecular formula is C12H13F2IN2O. The smallest absolute Gasteiger partial charge is 0.256 e. The van der Waals surface area contributed by atoms with Gasteiger partial charge in [0, 0.05) is 28.8 Å². The minimum absolute atomic E-state index is 0.0646. The lowest BCUT2D eigenvalue weighted by molar-refractivity contribution is 0.0704. The summed E-state index contributed by atoms with van der Waals surface area (Å²) >= 11 is 1.74. The first kappa shape index (κ1) is 13.7. The molecule has 1 unspecified atom stereocenters. The van der Waals surface area contributed by atoms with Gasteiger partial charge in [0.25, 0.3) is 5.91 Å². The van der Waals surface area contributed by atoms with Crippen LogP contribution >= 0.6 is 22.6 Å². The van der Waals surface area contributed by atoms with Crippen molar-refractivity contribution in [1.29, 1.82) is 0 Å². The number of nitrogens with zero attached hydrogens (tertiary/aromatic N) is 1. The Balaban J connectivity index is 2.25. The zero-order chi connectivity index (χ0) is 13.3. The second-order valence-electron chi connectivity index (χ2n) is 4.40. The quantitative estimate of drug-likeness (QED) is 0.612. The first-order valence-corrected chi connectivity index (χ1v) is 6.76. The molecule has 98 valence electrons. The van der Waals surface area contributed by atoms with Crippen LogP contribution in [0.1, 0.15) is 23.2 Å². The maximum atomic E-state index is 13.6. The number of nitrogens with two attached hydrogens (primary N) is 1. The number of hydrogen-bond acceptors (Lipinski definition) is 2. The van der Waals surface area contributed by atoms with Crippen LogP contribution < -0.4 is 5.73 Å². The summed E-state index contributed by atoms with van der Waals surface area (Å²) in [5.74, 6) is -1.89. The topological polar surface area (TPSA) is 46.3 Å². The number of amides is 1. The van der Waals surface area contributed by atoms with Gasteiger partial charge >= 0.3 is 0 Å². The molecule has 3 nitrogen and oxygen atoms in total. The van der Waals surface area contributed by atoms with E-state index in [1.807, 2.05) is 0 Å². The van der Waals surface area contributed by atoms with E-state index in [1.54, 1.807) is 22.6 Å². The number of likely N-dealkylation sites (tertiary alicyclic amines) is 1. The van der Waals surface area contributed by atoms with Crippen molar-refractivity contribution >= 4 is 28.5 Å². The minimum Gasteiger partial charge on any atom is -0.337 e. The number of rotatable bonds is 1. The number of carbonyl (C=O) groups excluding carboxylic acids is 1. The molecule has 1 aromatic carbocycles. The van der Waals surface area contributed by atoms with Gasteiger partial charge in [0.15, 0.2) is 0 Å². The zero-order valence-corrected chi connectivity index (χ0v) is 11.8. The van der Waals surface area contributed by atoms with E-state index >= 15 is 0 Å². The Morgan fingerprint density at radius 1 is 1.39 bits per heavy atom. The number of halogens is 3. The predicted molar refractivity (Wildman–Crippen MR) is 72.2 cm³/mol. The van der Waals surface area contributed by atoms with Crippen LogP contribution in [0.2, 0.25) is 0 Å². The Bertz CT molecular complexity index is 481. The third-order valence-corrected chi connectivity index (χ3v) is 3.81. The molecule has 0 aliphatic carbocycles. The van der Waals surface area contributed by atoms with Crippen LogP contribution in [0.3, 0.4) is 0 Å². The SMILES string of the molecule is NC1CCCN(C(=O)c2cc(I)c(F)cc2F)C1. The Kier molecular flexibility index (Phi) is 4.16. The fourth-order valence-corrected chi connectivity index (χ4v) is 2.52. The molecule has 0 aromatic heterocycles. The van der Waals surface area contributed by atoms with E-state index in [4.69, 9.17) is 5.73 Å². The van der Waals surface area contributed by atoms with Crippen LogP contribution in [0.25, 0.3) is 0 Å². The van der Waals surface area contributed by atoms with E-state index in [2.05, 4.69) is 0 Å². The summed E-state index contributed by atoms with van der Waals surface area (Å²) in [6.45, 7) is 0.992. The first-order valence-electron chi connectivity index (χ1n) is 5.68. The molecule has 2 rings (SSSR count). The van der Waals surface area contributed by atoms with Crippen molar-refractivity contribution in [3.63, 3.8) is 0 Å². The minimum atomic E-state index is -0.822. The molecule has 18 heavy (non-hydrogen) atoms. The number of piperidine rings is 1. The highest BCUT2D eigenvalue weighted by Gasteiger charge is 2.25. The summed E-state index contributed by atoms with van der Waals surface area (Å²) in [7, 11) is 0. The third-order valence-electron chi connectivity index (χ3n) is 2.99. The molecule has 1 aromatic rings. The maximum absolute atomic E-state index is 13.6. The van der Waals surface area contributed by atoms with Gasteiger partial charge in [-0.15, -0.1) is 0 Å². The van der Waals surface area contributed by atoms with Crippen molar-refractivity contribution in [3.05, 3.63) is 32.9 Å². The van der Waals surface area contributed by atoms with Crippen molar-refractivity contribution in [1.82, 2.24) is 4.90 Å². The molecular weight excluding hydrogens is 353 g/mol. The van der Waals surface area contributed by atoms with Crippen LogP contribution in [-0.2, 0) is 0 Å². The summed E-state index contributed by atoms with van der Waals surface area (Å²) in [6, 6.07) is 1.93. The summed E-state index contributed by atoms with van der Waals surface area (Å²) in [6.07, 6.45) is 1.68. The fourth-order valence-electron chi connectivity index (χ4n) is 2.05. The average Bonchev–Trinajstić information content (AvgIpc) is 2.33. The maximum Gasteiger partial charge on any atom is 0.256 e. The number of benzene rings is 1. The molecule has 0 bridgehead atoms. The average molecular weight is 366 g/mol. The monoisotopic (exact) mass is 366 g/mol. The molecule has 6 heteroatoms. The number of carbonyl (C=O) groups is 1. The van der Waals surface area contributed by atoms with Crippen molar-refractivity contribution in [3.8, 4) is 0 Å². The predicted octanol–water partition coefficient (Wildman–Crippen LogP) is 2.13. The molecule has 1 saturated heterocycles. The van der Waals surface area contributed by atoms with E-state index in [0.717, 1.165) is 18.9 Å². The van der Waals surface area contributed by atoms with Crippen molar-refractivity contribution < 1.29 is 13.6 Å². The Morgan fingerprint density at radius 3 is 2.78 bits per heavy atom. The van der Waals surface area contributed by atoms with Gasteiger partial charge in [-0.25, -0.2) is 8.78 Å². The molecule has 1 amide bonds. The molecule has 1 aliphatic rings. The summed E-state index contributed by atoms with van der Waals surface area (Å²) < 4.78 is 27.0. The molecule has 1 fully saturated rings. The van der Waals surface area contributed by atoms with Gasteiger partial charge in [-0.3, -0.25) is 4.79 Å². The summed E-state index contributed by atoms with van der Waals surface area (Å²) in [5, 5.41) is 0.